The van der Waals surface area contributed by atoms with Crippen LogP contribution in [0.15, 0.2) is 0 Å². The zero-order valence-corrected chi connectivity index (χ0v) is 11.5. The van der Waals surface area contributed by atoms with Crippen molar-refractivity contribution in [2.45, 2.75) is 57.5 Å². The van der Waals surface area contributed by atoms with Gasteiger partial charge in [-0.25, -0.2) is 4.79 Å². The minimum absolute atomic E-state index is 0.00135. The Kier molecular flexibility index (Phi) is 4.49. The second-order valence-electron chi connectivity index (χ2n) is 5.93. The molecule has 0 aromatic rings. The number of amides is 2. The Labute approximate surface area is 110 Å². The number of hydrogen-bond acceptors (Lipinski definition) is 2. The average Bonchev–Trinajstić information content (AvgIpc) is 2.91. The summed E-state index contributed by atoms with van der Waals surface area (Å²) in [7, 11) is 0. The number of hydrogen-bond donors (Lipinski definition) is 2. The van der Waals surface area contributed by atoms with Gasteiger partial charge in [-0.15, -0.1) is 0 Å². The fourth-order valence-electron chi connectivity index (χ4n) is 3.07. The van der Waals surface area contributed by atoms with Crippen molar-refractivity contribution in [3.63, 3.8) is 0 Å². The van der Waals surface area contributed by atoms with Gasteiger partial charge in [-0.3, -0.25) is 0 Å². The molecule has 2 aliphatic rings. The normalized spacial score (nSPS) is 32.6. The molecule has 2 fully saturated rings. The molecule has 0 spiro atoms. The van der Waals surface area contributed by atoms with E-state index >= 15 is 0 Å². The standard InChI is InChI=1S/C14H26N2O2/c1-2-12-5-7-14(18,8-6-12)11-15-13(17)16-9-3-4-10-16/h12,18H,2-11H2,1H3,(H,15,17). The summed E-state index contributed by atoms with van der Waals surface area (Å²) in [5.41, 5.74) is -0.666. The van der Waals surface area contributed by atoms with E-state index in [4.69, 9.17) is 0 Å². The summed E-state index contributed by atoms with van der Waals surface area (Å²) in [5, 5.41) is 13.3. The van der Waals surface area contributed by atoms with E-state index in [2.05, 4.69) is 12.2 Å². The van der Waals surface area contributed by atoms with Crippen molar-refractivity contribution in [2.24, 2.45) is 5.92 Å². The smallest absolute Gasteiger partial charge is 0.317 e. The van der Waals surface area contributed by atoms with Crippen molar-refractivity contribution in [1.29, 1.82) is 0 Å². The molecule has 0 atom stereocenters. The van der Waals surface area contributed by atoms with Crippen LogP contribution in [0.3, 0.4) is 0 Å². The van der Waals surface area contributed by atoms with Gasteiger partial charge in [0.1, 0.15) is 0 Å². The van der Waals surface area contributed by atoms with Crippen LogP contribution in [-0.4, -0.2) is 41.3 Å². The quantitative estimate of drug-likeness (QED) is 0.810. The highest BCUT2D eigenvalue weighted by Gasteiger charge is 2.33. The molecule has 1 saturated carbocycles. The van der Waals surface area contributed by atoms with Crippen molar-refractivity contribution in [3.8, 4) is 0 Å². The maximum atomic E-state index is 11.9. The fourth-order valence-corrected chi connectivity index (χ4v) is 3.07. The Bertz CT molecular complexity index is 280. The van der Waals surface area contributed by atoms with Gasteiger partial charge in [0, 0.05) is 19.6 Å². The Hall–Kier alpha value is -0.770. The van der Waals surface area contributed by atoms with Crippen LogP contribution in [0.1, 0.15) is 51.9 Å². The third-order valence-corrected chi connectivity index (χ3v) is 4.58. The van der Waals surface area contributed by atoms with E-state index in [0.29, 0.717) is 6.54 Å². The van der Waals surface area contributed by atoms with Gasteiger partial charge in [0.15, 0.2) is 0 Å². The van der Waals surface area contributed by atoms with E-state index in [0.717, 1.165) is 57.5 Å². The molecule has 1 aliphatic heterocycles. The van der Waals surface area contributed by atoms with Crippen LogP contribution >= 0.6 is 0 Å². The molecule has 0 radical (unpaired) electrons. The SMILES string of the molecule is CCC1CCC(O)(CNC(=O)N2CCCC2)CC1. The third-order valence-electron chi connectivity index (χ3n) is 4.58. The lowest BCUT2D eigenvalue weighted by Crippen LogP contribution is -2.48. The predicted octanol–water partition coefficient (Wildman–Crippen LogP) is 2.12. The number of carbonyl (C=O) groups excluding carboxylic acids is 1. The number of nitrogens with one attached hydrogen (secondary N) is 1. The lowest BCUT2D eigenvalue weighted by molar-refractivity contribution is -0.00712. The van der Waals surface area contributed by atoms with E-state index in [-0.39, 0.29) is 6.03 Å². The Morgan fingerprint density at radius 2 is 1.94 bits per heavy atom. The summed E-state index contributed by atoms with van der Waals surface area (Å²) in [5.74, 6) is 0.763. The maximum absolute atomic E-state index is 11.9. The second kappa shape index (κ2) is 5.91. The molecule has 4 heteroatoms. The molecule has 0 aromatic carbocycles. The monoisotopic (exact) mass is 254 g/mol. The molecule has 1 heterocycles. The van der Waals surface area contributed by atoms with E-state index in [1.807, 2.05) is 4.90 Å². The zero-order valence-electron chi connectivity index (χ0n) is 11.5. The van der Waals surface area contributed by atoms with Crippen LogP contribution in [0.25, 0.3) is 0 Å². The highest BCUT2D eigenvalue weighted by atomic mass is 16.3. The molecule has 0 unspecified atom stereocenters. The molecule has 0 aromatic heterocycles. The van der Waals surface area contributed by atoms with Crippen molar-refractivity contribution >= 4 is 6.03 Å². The van der Waals surface area contributed by atoms with Crippen LogP contribution in [0.2, 0.25) is 0 Å². The first kappa shape index (κ1) is 13.7. The van der Waals surface area contributed by atoms with E-state index in [9.17, 15) is 9.90 Å². The molecular formula is C14H26N2O2. The lowest BCUT2D eigenvalue weighted by Gasteiger charge is -2.36. The van der Waals surface area contributed by atoms with Gasteiger partial charge >= 0.3 is 6.03 Å². The average molecular weight is 254 g/mol. The van der Waals surface area contributed by atoms with Crippen LogP contribution in [0, 0.1) is 5.92 Å². The highest BCUT2D eigenvalue weighted by Crippen LogP contribution is 2.33. The first-order valence-corrected chi connectivity index (χ1v) is 7.38. The molecule has 0 bridgehead atoms. The molecule has 1 aliphatic carbocycles. The molecule has 4 nitrogen and oxygen atoms in total. The number of nitrogens with zero attached hydrogens (tertiary/aromatic N) is 1. The van der Waals surface area contributed by atoms with Crippen molar-refractivity contribution < 1.29 is 9.90 Å². The number of aliphatic hydroxyl groups is 1. The largest absolute Gasteiger partial charge is 0.388 e. The Balaban J connectivity index is 1.73. The molecule has 18 heavy (non-hydrogen) atoms. The Morgan fingerprint density at radius 1 is 1.33 bits per heavy atom. The molecule has 1 saturated heterocycles. The van der Waals surface area contributed by atoms with Crippen LogP contribution in [-0.2, 0) is 0 Å². The van der Waals surface area contributed by atoms with Gasteiger partial charge in [-0.05, 0) is 44.4 Å². The number of carbonyl (C=O) groups is 1. The van der Waals surface area contributed by atoms with Crippen molar-refractivity contribution in [2.75, 3.05) is 19.6 Å². The molecule has 2 N–H and O–H groups in total. The summed E-state index contributed by atoms with van der Waals surface area (Å²) in [6.45, 7) is 4.35. The molecular weight excluding hydrogens is 228 g/mol. The minimum Gasteiger partial charge on any atom is -0.388 e. The van der Waals surface area contributed by atoms with E-state index in [1.54, 1.807) is 0 Å². The predicted molar refractivity (Wildman–Crippen MR) is 71.4 cm³/mol. The number of likely N-dealkylation sites (tertiary alicyclic amines) is 1. The number of rotatable bonds is 3. The summed E-state index contributed by atoms with van der Waals surface area (Å²) in [4.78, 5) is 13.7. The summed E-state index contributed by atoms with van der Waals surface area (Å²) >= 11 is 0. The maximum Gasteiger partial charge on any atom is 0.317 e. The first-order valence-electron chi connectivity index (χ1n) is 7.38. The van der Waals surface area contributed by atoms with Crippen molar-refractivity contribution in [1.82, 2.24) is 10.2 Å². The van der Waals surface area contributed by atoms with Crippen molar-refractivity contribution in [3.05, 3.63) is 0 Å². The van der Waals surface area contributed by atoms with Gasteiger partial charge in [0.25, 0.3) is 0 Å². The molecule has 2 rings (SSSR count). The van der Waals surface area contributed by atoms with Crippen LogP contribution in [0.4, 0.5) is 4.79 Å². The summed E-state index contributed by atoms with van der Waals surface area (Å²) in [6.07, 6.45) is 7.25. The first-order chi connectivity index (χ1) is 8.63. The summed E-state index contributed by atoms with van der Waals surface area (Å²) < 4.78 is 0. The topological polar surface area (TPSA) is 52.6 Å². The van der Waals surface area contributed by atoms with Gasteiger partial charge in [-0.2, -0.15) is 0 Å². The van der Waals surface area contributed by atoms with E-state index in [1.165, 1.54) is 6.42 Å². The minimum atomic E-state index is -0.666. The lowest BCUT2D eigenvalue weighted by atomic mass is 9.78. The zero-order chi connectivity index (χ0) is 13.0. The molecule has 104 valence electrons. The van der Waals surface area contributed by atoms with Crippen LogP contribution < -0.4 is 5.32 Å². The van der Waals surface area contributed by atoms with Crippen LogP contribution in [0.5, 0.6) is 0 Å². The van der Waals surface area contributed by atoms with Gasteiger partial charge in [0.2, 0.25) is 0 Å². The van der Waals surface area contributed by atoms with Gasteiger partial charge in [-0.1, -0.05) is 13.3 Å². The van der Waals surface area contributed by atoms with Gasteiger partial charge < -0.3 is 15.3 Å². The third kappa shape index (κ3) is 3.37. The molecule has 2 amide bonds. The van der Waals surface area contributed by atoms with E-state index < -0.39 is 5.60 Å². The van der Waals surface area contributed by atoms with Gasteiger partial charge in [0.05, 0.1) is 5.60 Å². The second-order valence-corrected chi connectivity index (χ2v) is 5.93. The number of urea groups is 1. The highest BCUT2D eigenvalue weighted by molar-refractivity contribution is 5.74. The fraction of sp³-hybridized carbons (Fsp3) is 0.929. The Morgan fingerprint density at radius 3 is 2.50 bits per heavy atom. The summed E-state index contributed by atoms with van der Waals surface area (Å²) in [6, 6.07) is -0.00135.